The Morgan fingerprint density at radius 3 is 2.33 bits per heavy atom. The van der Waals surface area contributed by atoms with Gasteiger partial charge in [-0.1, -0.05) is 6.92 Å². The Labute approximate surface area is 122 Å². The van der Waals surface area contributed by atoms with E-state index in [1.54, 1.807) is 6.92 Å². The Hall–Kier alpha value is -2.12. The highest BCUT2D eigenvalue weighted by atomic mass is 16.4. The Morgan fingerprint density at radius 1 is 1.24 bits per heavy atom. The molecule has 1 heterocycles. The summed E-state index contributed by atoms with van der Waals surface area (Å²) < 4.78 is 0. The number of rotatable bonds is 4. The smallest absolute Gasteiger partial charge is 0.326 e. The maximum atomic E-state index is 12.2. The summed E-state index contributed by atoms with van der Waals surface area (Å²) in [5, 5.41) is 18.1. The van der Waals surface area contributed by atoms with Gasteiger partial charge in [0.25, 0.3) is 0 Å². The summed E-state index contributed by atoms with van der Waals surface area (Å²) >= 11 is 0. The minimum Gasteiger partial charge on any atom is -0.480 e. The van der Waals surface area contributed by atoms with Crippen molar-refractivity contribution in [3.8, 4) is 0 Å². The molecule has 0 aromatic rings. The monoisotopic (exact) mass is 300 g/mol. The SMILES string of the molecule is CCC(C(=O)O)N(C)C(=O)C(=O)N1CCCC[C@H]1C(=O)O. The van der Waals surface area contributed by atoms with E-state index in [1.807, 2.05) is 0 Å². The van der Waals surface area contributed by atoms with E-state index in [9.17, 15) is 19.2 Å². The van der Waals surface area contributed by atoms with E-state index < -0.39 is 35.8 Å². The van der Waals surface area contributed by atoms with Crippen molar-refractivity contribution in [1.29, 1.82) is 0 Å². The van der Waals surface area contributed by atoms with Crippen LogP contribution < -0.4 is 0 Å². The molecule has 0 spiro atoms. The van der Waals surface area contributed by atoms with Gasteiger partial charge in [0, 0.05) is 13.6 Å². The van der Waals surface area contributed by atoms with Crippen LogP contribution in [0.15, 0.2) is 0 Å². The summed E-state index contributed by atoms with van der Waals surface area (Å²) in [6.45, 7) is 1.78. The number of nitrogens with zero attached hydrogens (tertiary/aromatic N) is 2. The number of aliphatic carboxylic acids is 2. The van der Waals surface area contributed by atoms with Crippen molar-refractivity contribution in [2.24, 2.45) is 0 Å². The molecule has 2 N–H and O–H groups in total. The first-order chi connectivity index (χ1) is 9.81. The number of carboxylic acids is 2. The zero-order valence-electron chi connectivity index (χ0n) is 12.1. The molecule has 1 fully saturated rings. The highest BCUT2D eigenvalue weighted by Gasteiger charge is 2.38. The van der Waals surface area contributed by atoms with E-state index in [2.05, 4.69) is 0 Å². The van der Waals surface area contributed by atoms with Gasteiger partial charge in [0.15, 0.2) is 0 Å². The van der Waals surface area contributed by atoms with Gasteiger partial charge in [0.2, 0.25) is 0 Å². The molecule has 0 aliphatic carbocycles. The summed E-state index contributed by atoms with van der Waals surface area (Å²) in [4.78, 5) is 48.3. The van der Waals surface area contributed by atoms with Gasteiger partial charge < -0.3 is 20.0 Å². The molecule has 118 valence electrons. The minimum atomic E-state index is -1.20. The lowest BCUT2D eigenvalue weighted by atomic mass is 10.0. The largest absolute Gasteiger partial charge is 0.480 e. The summed E-state index contributed by atoms with van der Waals surface area (Å²) in [6.07, 6.45) is 1.77. The normalized spacial score (nSPS) is 19.7. The number of hydrogen-bond donors (Lipinski definition) is 2. The van der Waals surface area contributed by atoms with Crippen molar-refractivity contribution < 1.29 is 29.4 Å². The highest BCUT2D eigenvalue weighted by molar-refractivity contribution is 6.35. The number of amides is 2. The molecule has 0 bridgehead atoms. The van der Waals surface area contributed by atoms with Crippen molar-refractivity contribution in [2.45, 2.75) is 44.7 Å². The fourth-order valence-electron chi connectivity index (χ4n) is 2.46. The van der Waals surface area contributed by atoms with E-state index >= 15 is 0 Å². The first kappa shape index (κ1) is 16.9. The maximum Gasteiger partial charge on any atom is 0.326 e. The Morgan fingerprint density at radius 2 is 1.86 bits per heavy atom. The molecule has 21 heavy (non-hydrogen) atoms. The van der Waals surface area contributed by atoms with Crippen LogP contribution in [0.1, 0.15) is 32.6 Å². The standard InChI is InChI=1S/C13H20N2O6/c1-3-8(12(18)19)14(2)10(16)11(17)15-7-5-4-6-9(15)13(20)21/h8-9H,3-7H2,1-2H3,(H,18,19)(H,20,21)/t8?,9-/m0/s1. The van der Waals surface area contributed by atoms with Gasteiger partial charge in [-0.05, 0) is 25.7 Å². The lowest BCUT2D eigenvalue weighted by molar-refractivity contribution is -0.162. The van der Waals surface area contributed by atoms with Crippen molar-refractivity contribution >= 4 is 23.8 Å². The predicted molar refractivity (Wildman–Crippen MR) is 71.5 cm³/mol. The maximum absolute atomic E-state index is 12.2. The molecule has 0 saturated carbocycles. The average molecular weight is 300 g/mol. The fourth-order valence-corrected chi connectivity index (χ4v) is 2.46. The number of piperidine rings is 1. The lowest BCUT2D eigenvalue weighted by Gasteiger charge is -2.34. The van der Waals surface area contributed by atoms with Crippen LogP contribution in [-0.2, 0) is 19.2 Å². The molecular weight excluding hydrogens is 280 g/mol. The third-order valence-corrected chi connectivity index (χ3v) is 3.69. The van der Waals surface area contributed by atoms with Crippen LogP contribution in [0.25, 0.3) is 0 Å². The zero-order valence-corrected chi connectivity index (χ0v) is 12.1. The van der Waals surface area contributed by atoms with Crippen LogP contribution in [0.3, 0.4) is 0 Å². The summed E-state index contributed by atoms with van der Waals surface area (Å²) in [5.74, 6) is -4.29. The van der Waals surface area contributed by atoms with Gasteiger partial charge in [-0.15, -0.1) is 0 Å². The topological polar surface area (TPSA) is 115 Å². The van der Waals surface area contributed by atoms with Crippen molar-refractivity contribution in [1.82, 2.24) is 9.80 Å². The average Bonchev–Trinajstić information content (AvgIpc) is 2.45. The van der Waals surface area contributed by atoms with E-state index in [1.165, 1.54) is 7.05 Å². The summed E-state index contributed by atoms with van der Waals surface area (Å²) in [6, 6.07) is -2.12. The lowest BCUT2D eigenvalue weighted by Crippen LogP contribution is -2.55. The van der Waals surface area contributed by atoms with Crippen molar-refractivity contribution in [3.05, 3.63) is 0 Å². The zero-order chi connectivity index (χ0) is 16.2. The molecule has 0 radical (unpaired) electrons. The molecule has 8 nitrogen and oxygen atoms in total. The molecule has 1 aliphatic heterocycles. The number of carboxylic acid groups (broad SMARTS) is 2. The molecule has 2 atom stereocenters. The van der Waals surface area contributed by atoms with E-state index in [0.29, 0.717) is 19.3 Å². The van der Waals surface area contributed by atoms with Gasteiger partial charge in [-0.2, -0.15) is 0 Å². The molecule has 0 aromatic carbocycles. The molecule has 2 amide bonds. The number of likely N-dealkylation sites (N-methyl/N-ethyl adjacent to an activating group) is 1. The number of hydrogen-bond acceptors (Lipinski definition) is 4. The van der Waals surface area contributed by atoms with Gasteiger partial charge in [-0.25, -0.2) is 9.59 Å². The van der Waals surface area contributed by atoms with Gasteiger partial charge in [0.1, 0.15) is 12.1 Å². The van der Waals surface area contributed by atoms with Gasteiger partial charge in [0.05, 0.1) is 0 Å². The van der Waals surface area contributed by atoms with Gasteiger partial charge >= 0.3 is 23.8 Å². The predicted octanol–water partition coefficient (Wildman–Crippen LogP) is -0.226. The van der Waals surface area contributed by atoms with E-state index in [4.69, 9.17) is 10.2 Å². The van der Waals surface area contributed by atoms with Crippen LogP contribution in [-0.4, -0.2) is 69.4 Å². The van der Waals surface area contributed by atoms with Crippen LogP contribution in [0.5, 0.6) is 0 Å². The Bertz CT molecular complexity index is 450. The fraction of sp³-hybridized carbons (Fsp3) is 0.692. The third kappa shape index (κ3) is 3.71. The summed E-state index contributed by atoms with van der Waals surface area (Å²) in [7, 11) is 1.24. The third-order valence-electron chi connectivity index (χ3n) is 3.69. The second-order valence-electron chi connectivity index (χ2n) is 5.03. The Kier molecular flexibility index (Phi) is 5.69. The molecule has 0 aromatic heterocycles. The molecule has 1 rings (SSSR count). The first-order valence-corrected chi connectivity index (χ1v) is 6.84. The van der Waals surface area contributed by atoms with Crippen LogP contribution in [0, 0.1) is 0 Å². The molecule has 1 unspecified atom stereocenters. The second kappa shape index (κ2) is 7.05. The second-order valence-corrected chi connectivity index (χ2v) is 5.03. The van der Waals surface area contributed by atoms with Crippen LogP contribution in [0.4, 0.5) is 0 Å². The molecule has 1 saturated heterocycles. The van der Waals surface area contributed by atoms with E-state index in [0.717, 1.165) is 9.80 Å². The molecular formula is C13H20N2O6. The minimum absolute atomic E-state index is 0.160. The molecule has 1 aliphatic rings. The number of carbonyl (C=O) groups excluding carboxylic acids is 2. The van der Waals surface area contributed by atoms with E-state index in [-0.39, 0.29) is 13.0 Å². The first-order valence-electron chi connectivity index (χ1n) is 6.84. The highest BCUT2D eigenvalue weighted by Crippen LogP contribution is 2.18. The quantitative estimate of drug-likeness (QED) is 0.693. The van der Waals surface area contributed by atoms with Crippen molar-refractivity contribution in [2.75, 3.05) is 13.6 Å². The summed E-state index contributed by atoms with van der Waals surface area (Å²) in [5.41, 5.74) is 0. The van der Waals surface area contributed by atoms with Gasteiger partial charge in [-0.3, -0.25) is 9.59 Å². The van der Waals surface area contributed by atoms with Crippen LogP contribution >= 0.6 is 0 Å². The number of likely N-dealkylation sites (tertiary alicyclic amines) is 1. The molecule has 8 heteroatoms. The number of carbonyl (C=O) groups is 4. The van der Waals surface area contributed by atoms with Crippen molar-refractivity contribution in [3.63, 3.8) is 0 Å². The van der Waals surface area contributed by atoms with Crippen LogP contribution in [0.2, 0.25) is 0 Å². The Balaban J connectivity index is 2.87.